The Morgan fingerprint density at radius 3 is 2.55 bits per heavy atom. The van der Waals surface area contributed by atoms with E-state index in [0.717, 1.165) is 16.8 Å². The van der Waals surface area contributed by atoms with Gasteiger partial charge in [-0.1, -0.05) is 0 Å². The Balaban J connectivity index is 1.73. The van der Waals surface area contributed by atoms with Gasteiger partial charge in [0.1, 0.15) is 11.5 Å². The van der Waals surface area contributed by atoms with Gasteiger partial charge in [0.25, 0.3) is 0 Å². The molecule has 0 unspecified atom stereocenters. The van der Waals surface area contributed by atoms with E-state index in [9.17, 15) is 4.79 Å². The summed E-state index contributed by atoms with van der Waals surface area (Å²) in [4.78, 5) is 12.2. The molecule has 108 valence electrons. The second-order valence-electron chi connectivity index (χ2n) is 5.52. The van der Waals surface area contributed by atoms with Gasteiger partial charge in [-0.25, -0.2) is 0 Å². The summed E-state index contributed by atoms with van der Waals surface area (Å²) in [5.74, 6) is 3.01. The number of methoxy groups -OCH3 is 2. The predicted molar refractivity (Wildman–Crippen MR) is 80.2 cm³/mol. The van der Waals surface area contributed by atoms with Crippen LogP contribution in [0.3, 0.4) is 0 Å². The number of anilines is 1. The first-order valence-corrected chi connectivity index (χ1v) is 7.65. The van der Waals surface area contributed by atoms with Gasteiger partial charge in [0.05, 0.1) is 24.4 Å². The van der Waals surface area contributed by atoms with Crippen LogP contribution in [0.4, 0.5) is 5.69 Å². The van der Waals surface area contributed by atoms with Crippen LogP contribution in [-0.2, 0) is 4.79 Å². The molecule has 1 N–H and O–H groups in total. The Morgan fingerprint density at radius 2 is 1.95 bits per heavy atom. The van der Waals surface area contributed by atoms with Gasteiger partial charge >= 0.3 is 0 Å². The van der Waals surface area contributed by atoms with Gasteiger partial charge in [-0.3, -0.25) is 4.79 Å². The van der Waals surface area contributed by atoms with Crippen LogP contribution in [0.2, 0.25) is 0 Å². The fourth-order valence-electron chi connectivity index (χ4n) is 2.74. The van der Waals surface area contributed by atoms with Crippen molar-refractivity contribution < 1.29 is 14.3 Å². The van der Waals surface area contributed by atoms with E-state index in [1.54, 1.807) is 20.3 Å². The fraction of sp³-hybridized carbons (Fsp3) is 0.533. The molecular formula is C15H18BrNO3. The number of rotatable bonds is 5. The molecule has 0 aliphatic heterocycles. The summed E-state index contributed by atoms with van der Waals surface area (Å²) in [7, 11) is 3.19. The lowest BCUT2D eigenvalue weighted by Gasteiger charge is -2.13. The molecule has 2 aliphatic carbocycles. The van der Waals surface area contributed by atoms with Crippen LogP contribution in [-0.4, -0.2) is 20.1 Å². The van der Waals surface area contributed by atoms with E-state index in [-0.39, 0.29) is 11.8 Å². The number of carbonyl (C=O) groups excluding carboxylic acids is 1. The highest BCUT2D eigenvalue weighted by molar-refractivity contribution is 9.10. The summed E-state index contributed by atoms with van der Waals surface area (Å²) < 4.78 is 11.3. The molecule has 1 amide bonds. The lowest BCUT2D eigenvalue weighted by molar-refractivity contribution is -0.117. The van der Waals surface area contributed by atoms with Gasteiger partial charge in [-0.2, -0.15) is 0 Å². The molecule has 0 bridgehead atoms. The zero-order valence-electron chi connectivity index (χ0n) is 11.6. The Morgan fingerprint density at radius 1 is 1.25 bits per heavy atom. The van der Waals surface area contributed by atoms with E-state index in [4.69, 9.17) is 9.47 Å². The predicted octanol–water partition coefficient (Wildman–Crippen LogP) is 3.45. The average Bonchev–Trinajstić information content (AvgIpc) is 3.28. The number of ether oxygens (including phenoxy) is 2. The first kappa shape index (κ1) is 13.7. The highest BCUT2D eigenvalue weighted by Gasteiger charge is 2.51. The Labute approximate surface area is 127 Å². The van der Waals surface area contributed by atoms with Gasteiger partial charge in [0, 0.05) is 12.0 Å². The maximum absolute atomic E-state index is 12.2. The minimum Gasteiger partial charge on any atom is -0.495 e. The van der Waals surface area contributed by atoms with E-state index >= 15 is 0 Å². The molecule has 2 saturated carbocycles. The molecule has 3 rings (SSSR count). The first-order chi connectivity index (χ1) is 9.63. The minimum absolute atomic E-state index is 0.109. The molecule has 2 atom stereocenters. The lowest BCUT2D eigenvalue weighted by atomic mass is 10.2. The van der Waals surface area contributed by atoms with Crippen molar-refractivity contribution in [3.63, 3.8) is 0 Å². The topological polar surface area (TPSA) is 47.6 Å². The van der Waals surface area contributed by atoms with E-state index in [2.05, 4.69) is 21.2 Å². The second kappa shape index (κ2) is 5.28. The van der Waals surface area contributed by atoms with E-state index < -0.39 is 0 Å². The molecule has 0 heterocycles. The van der Waals surface area contributed by atoms with Gasteiger partial charge < -0.3 is 14.8 Å². The average molecular weight is 340 g/mol. The quantitative estimate of drug-likeness (QED) is 0.893. The molecule has 4 nitrogen and oxygen atoms in total. The van der Waals surface area contributed by atoms with Gasteiger partial charge in [0.2, 0.25) is 5.91 Å². The van der Waals surface area contributed by atoms with Crippen molar-refractivity contribution in [1.82, 2.24) is 0 Å². The number of hydrogen-bond acceptors (Lipinski definition) is 3. The standard InChI is InChI=1S/C15H18BrNO3/c1-19-13-7-14(20-2)12(6-11(13)16)17-15(18)10-5-9(10)8-3-4-8/h6-10H,3-5H2,1-2H3,(H,17,18)/t9-,10-/m1/s1. The van der Waals surface area contributed by atoms with E-state index in [1.165, 1.54) is 12.8 Å². The van der Waals surface area contributed by atoms with Crippen LogP contribution in [0, 0.1) is 17.8 Å². The summed E-state index contributed by atoms with van der Waals surface area (Å²) in [5.41, 5.74) is 0.687. The third-order valence-corrected chi connectivity index (χ3v) is 4.76. The van der Waals surface area contributed by atoms with Crippen LogP contribution in [0.1, 0.15) is 19.3 Å². The third-order valence-electron chi connectivity index (χ3n) is 4.14. The van der Waals surface area contributed by atoms with Gasteiger partial charge in [-0.05, 0) is 53.1 Å². The van der Waals surface area contributed by atoms with E-state index in [0.29, 0.717) is 23.1 Å². The molecule has 0 saturated heterocycles. The van der Waals surface area contributed by atoms with E-state index in [1.807, 2.05) is 6.07 Å². The van der Waals surface area contributed by atoms with Gasteiger partial charge in [-0.15, -0.1) is 0 Å². The summed E-state index contributed by atoms with van der Waals surface area (Å²) >= 11 is 3.43. The van der Waals surface area contributed by atoms with Crippen molar-refractivity contribution in [3.05, 3.63) is 16.6 Å². The summed E-state index contributed by atoms with van der Waals surface area (Å²) in [6, 6.07) is 3.59. The van der Waals surface area contributed by atoms with Crippen LogP contribution >= 0.6 is 15.9 Å². The number of nitrogens with one attached hydrogen (secondary N) is 1. The normalized spacial score (nSPS) is 24.1. The zero-order valence-corrected chi connectivity index (χ0v) is 13.2. The molecule has 1 aromatic carbocycles. The summed E-state index contributed by atoms with van der Waals surface area (Å²) in [5, 5.41) is 2.98. The maximum Gasteiger partial charge on any atom is 0.227 e. The van der Waals surface area contributed by atoms with Crippen molar-refractivity contribution >= 4 is 27.5 Å². The first-order valence-electron chi connectivity index (χ1n) is 6.86. The number of carbonyl (C=O) groups is 1. The van der Waals surface area contributed by atoms with Crippen molar-refractivity contribution in [3.8, 4) is 11.5 Å². The summed E-state index contributed by atoms with van der Waals surface area (Å²) in [6.07, 6.45) is 3.63. The maximum atomic E-state index is 12.2. The fourth-order valence-corrected chi connectivity index (χ4v) is 3.25. The Kier molecular flexibility index (Phi) is 3.63. The molecule has 0 spiro atoms. The van der Waals surface area contributed by atoms with Crippen LogP contribution in [0.25, 0.3) is 0 Å². The molecular weight excluding hydrogens is 322 g/mol. The number of amides is 1. The lowest BCUT2D eigenvalue weighted by Crippen LogP contribution is -2.15. The zero-order chi connectivity index (χ0) is 14.3. The summed E-state index contributed by atoms with van der Waals surface area (Å²) in [6.45, 7) is 0. The van der Waals surface area contributed by atoms with Crippen LogP contribution in [0.5, 0.6) is 11.5 Å². The monoisotopic (exact) mass is 339 g/mol. The number of benzene rings is 1. The molecule has 2 aliphatic rings. The molecule has 1 aromatic rings. The van der Waals surface area contributed by atoms with Crippen LogP contribution < -0.4 is 14.8 Å². The van der Waals surface area contributed by atoms with Gasteiger partial charge in [0.15, 0.2) is 0 Å². The highest BCUT2D eigenvalue weighted by Crippen LogP contribution is 2.54. The van der Waals surface area contributed by atoms with Crippen molar-refractivity contribution in [2.75, 3.05) is 19.5 Å². The SMILES string of the molecule is COc1cc(OC)c(NC(=O)[C@@H]2C[C@@H]2C2CC2)cc1Br. The Hall–Kier alpha value is -1.23. The smallest absolute Gasteiger partial charge is 0.227 e. The second-order valence-corrected chi connectivity index (χ2v) is 6.37. The third kappa shape index (κ3) is 2.64. The van der Waals surface area contributed by atoms with Crippen LogP contribution in [0.15, 0.2) is 16.6 Å². The molecule has 2 fully saturated rings. The number of halogens is 1. The van der Waals surface area contributed by atoms with Crippen molar-refractivity contribution in [2.24, 2.45) is 17.8 Å². The van der Waals surface area contributed by atoms with Crippen molar-refractivity contribution in [2.45, 2.75) is 19.3 Å². The molecule has 20 heavy (non-hydrogen) atoms. The molecule has 0 radical (unpaired) electrons. The highest BCUT2D eigenvalue weighted by atomic mass is 79.9. The minimum atomic E-state index is 0.109. The Bertz CT molecular complexity index is 542. The molecule has 5 heteroatoms. The van der Waals surface area contributed by atoms with Crippen molar-refractivity contribution in [1.29, 1.82) is 0 Å². The number of hydrogen-bond donors (Lipinski definition) is 1. The molecule has 0 aromatic heterocycles. The largest absolute Gasteiger partial charge is 0.495 e.